The van der Waals surface area contributed by atoms with Crippen molar-refractivity contribution in [1.82, 2.24) is 15.2 Å². The van der Waals surface area contributed by atoms with Crippen molar-refractivity contribution in [3.8, 4) is 17.2 Å². The second-order valence-corrected chi connectivity index (χ2v) is 5.74. The fourth-order valence-electron chi connectivity index (χ4n) is 2.35. The standard InChI is InChI=1S/C18H18ClN5O3/c1-25-14-6-4-11(8-13(14)19)21-17-10-20-24-18(23-17)22-12-5-7-15(26-2)16(9-12)27-3/h4-10H,1-3H3,(H2,21,22,23,24). The van der Waals surface area contributed by atoms with Gasteiger partial charge in [0.15, 0.2) is 17.3 Å². The van der Waals surface area contributed by atoms with E-state index in [2.05, 4.69) is 25.8 Å². The van der Waals surface area contributed by atoms with E-state index >= 15 is 0 Å². The van der Waals surface area contributed by atoms with Gasteiger partial charge in [0.1, 0.15) is 5.75 Å². The molecule has 0 fully saturated rings. The van der Waals surface area contributed by atoms with Crippen LogP contribution in [-0.4, -0.2) is 36.5 Å². The third-order valence-corrected chi connectivity index (χ3v) is 3.92. The monoisotopic (exact) mass is 387 g/mol. The van der Waals surface area contributed by atoms with Crippen molar-refractivity contribution < 1.29 is 14.2 Å². The summed E-state index contributed by atoms with van der Waals surface area (Å²) in [6.07, 6.45) is 1.51. The van der Waals surface area contributed by atoms with Crippen molar-refractivity contribution in [2.75, 3.05) is 32.0 Å². The quantitative estimate of drug-likeness (QED) is 0.627. The molecule has 0 aliphatic carbocycles. The van der Waals surface area contributed by atoms with Gasteiger partial charge < -0.3 is 24.8 Å². The van der Waals surface area contributed by atoms with E-state index in [0.717, 1.165) is 11.4 Å². The minimum Gasteiger partial charge on any atom is -0.495 e. The summed E-state index contributed by atoms with van der Waals surface area (Å²) in [5, 5.41) is 14.6. The number of hydrogen-bond donors (Lipinski definition) is 2. The zero-order valence-electron chi connectivity index (χ0n) is 15.0. The lowest BCUT2D eigenvalue weighted by Gasteiger charge is -2.11. The number of benzene rings is 2. The highest BCUT2D eigenvalue weighted by Gasteiger charge is 2.08. The zero-order chi connectivity index (χ0) is 19.2. The second-order valence-electron chi connectivity index (χ2n) is 5.33. The lowest BCUT2D eigenvalue weighted by molar-refractivity contribution is 0.355. The van der Waals surface area contributed by atoms with Gasteiger partial charge in [0.05, 0.1) is 32.5 Å². The van der Waals surface area contributed by atoms with Gasteiger partial charge in [-0.3, -0.25) is 0 Å². The summed E-state index contributed by atoms with van der Waals surface area (Å²) < 4.78 is 15.7. The number of hydrogen-bond acceptors (Lipinski definition) is 8. The molecule has 0 atom stereocenters. The number of halogens is 1. The summed E-state index contributed by atoms with van der Waals surface area (Å²) in [6, 6.07) is 10.7. The van der Waals surface area contributed by atoms with Gasteiger partial charge in [-0.1, -0.05) is 11.6 Å². The molecule has 0 unspecified atom stereocenters. The first-order chi connectivity index (χ1) is 13.1. The van der Waals surface area contributed by atoms with E-state index < -0.39 is 0 Å². The first-order valence-corrected chi connectivity index (χ1v) is 8.30. The highest BCUT2D eigenvalue weighted by molar-refractivity contribution is 6.32. The number of aromatic nitrogens is 3. The molecule has 140 valence electrons. The van der Waals surface area contributed by atoms with Gasteiger partial charge in [-0.2, -0.15) is 10.1 Å². The highest BCUT2D eigenvalue weighted by atomic mass is 35.5. The Morgan fingerprint density at radius 3 is 2.15 bits per heavy atom. The van der Waals surface area contributed by atoms with Gasteiger partial charge in [-0.25, -0.2) is 0 Å². The SMILES string of the molecule is COc1ccc(Nc2cnnc(Nc3ccc(OC)c(OC)c3)n2)cc1Cl. The van der Waals surface area contributed by atoms with Crippen LogP contribution in [-0.2, 0) is 0 Å². The summed E-state index contributed by atoms with van der Waals surface area (Å²) in [5.74, 6) is 2.66. The number of ether oxygens (including phenoxy) is 3. The first kappa shape index (κ1) is 18.5. The molecule has 0 saturated carbocycles. The van der Waals surface area contributed by atoms with Crippen molar-refractivity contribution in [1.29, 1.82) is 0 Å². The lowest BCUT2D eigenvalue weighted by atomic mass is 10.3. The number of methoxy groups -OCH3 is 3. The maximum absolute atomic E-state index is 6.14. The molecule has 0 aliphatic rings. The van der Waals surface area contributed by atoms with Crippen molar-refractivity contribution in [2.45, 2.75) is 0 Å². The molecular formula is C18H18ClN5O3. The van der Waals surface area contributed by atoms with Crippen LogP contribution in [0.1, 0.15) is 0 Å². The smallest absolute Gasteiger partial charge is 0.249 e. The average molecular weight is 388 g/mol. The Kier molecular flexibility index (Phi) is 5.77. The Morgan fingerprint density at radius 1 is 0.815 bits per heavy atom. The Labute approximate surface area is 161 Å². The molecule has 0 saturated heterocycles. The Bertz CT molecular complexity index is 939. The van der Waals surface area contributed by atoms with Crippen LogP contribution in [0.4, 0.5) is 23.1 Å². The second kappa shape index (κ2) is 8.41. The van der Waals surface area contributed by atoms with Crippen LogP contribution in [0.5, 0.6) is 17.2 Å². The van der Waals surface area contributed by atoms with E-state index in [1.807, 2.05) is 12.1 Å². The molecule has 2 N–H and O–H groups in total. The molecule has 0 amide bonds. The molecule has 3 aromatic rings. The molecule has 0 radical (unpaired) electrons. The Balaban J connectivity index is 1.77. The molecule has 0 aliphatic heterocycles. The average Bonchev–Trinajstić information content (AvgIpc) is 2.68. The third kappa shape index (κ3) is 4.48. The predicted octanol–water partition coefficient (Wildman–Crippen LogP) is 4.04. The first-order valence-electron chi connectivity index (χ1n) is 7.92. The fourth-order valence-corrected chi connectivity index (χ4v) is 2.61. The van der Waals surface area contributed by atoms with E-state index in [0.29, 0.717) is 34.0 Å². The maximum Gasteiger partial charge on any atom is 0.249 e. The molecule has 27 heavy (non-hydrogen) atoms. The van der Waals surface area contributed by atoms with Crippen molar-refractivity contribution in [2.24, 2.45) is 0 Å². The molecule has 8 nitrogen and oxygen atoms in total. The summed E-state index contributed by atoms with van der Waals surface area (Å²) in [5.41, 5.74) is 1.48. The Hall–Kier alpha value is -3.26. The van der Waals surface area contributed by atoms with Crippen molar-refractivity contribution in [3.63, 3.8) is 0 Å². The Morgan fingerprint density at radius 2 is 1.48 bits per heavy atom. The number of nitrogens with zero attached hydrogens (tertiary/aromatic N) is 3. The van der Waals surface area contributed by atoms with Crippen LogP contribution in [0, 0.1) is 0 Å². The van der Waals surface area contributed by atoms with Crippen molar-refractivity contribution in [3.05, 3.63) is 47.6 Å². The highest BCUT2D eigenvalue weighted by Crippen LogP contribution is 2.31. The van der Waals surface area contributed by atoms with Gasteiger partial charge >= 0.3 is 0 Å². The minimum absolute atomic E-state index is 0.326. The summed E-state index contributed by atoms with van der Waals surface area (Å²) in [7, 11) is 4.72. The molecule has 9 heteroatoms. The number of anilines is 4. The zero-order valence-corrected chi connectivity index (χ0v) is 15.7. The van der Waals surface area contributed by atoms with E-state index in [4.69, 9.17) is 25.8 Å². The molecule has 1 heterocycles. The van der Waals surface area contributed by atoms with Gasteiger partial charge in [-0.15, -0.1) is 5.10 Å². The van der Waals surface area contributed by atoms with E-state index in [-0.39, 0.29) is 0 Å². The van der Waals surface area contributed by atoms with E-state index in [9.17, 15) is 0 Å². The van der Waals surface area contributed by atoms with E-state index in [1.165, 1.54) is 6.20 Å². The van der Waals surface area contributed by atoms with Crippen LogP contribution in [0.25, 0.3) is 0 Å². The van der Waals surface area contributed by atoms with Crippen LogP contribution >= 0.6 is 11.6 Å². The molecule has 3 rings (SSSR count). The van der Waals surface area contributed by atoms with Gasteiger partial charge in [0.25, 0.3) is 0 Å². The van der Waals surface area contributed by atoms with Crippen LogP contribution < -0.4 is 24.8 Å². The van der Waals surface area contributed by atoms with Crippen LogP contribution in [0.15, 0.2) is 42.6 Å². The fraction of sp³-hybridized carbons (Fsp3) is 0.167. The largest absolute Gasteiger partial charge is 0.495 e. The number of nitrogens with one attached hydrogen (secondary N) is 2. The van der Waals surface area contributed by atoms with Crippen LogP contribution in [0.2, 0.25) is 5.02 Å². The third-order valence-electron chi connectivity index (χ3n) is 3.62. The minimum atomic E-state index is 0.326. The van der Waals surface area contributed by atoms with Crippen LogP contribution in [0.3, 0.4) is 0 Å². The summed E-state index contributed by atoms with van der Waals surface area (Å²) in [6.45, 7) is 0. The molecule has 0 spiro atoms. The van der Waals surface area contributed by atoms with Gasteiger partial charge in [-0.05, 0) is 30.3 Å². The molecule has 1 aromatic heterocycles. The van der Waals surface area contributed by atoms with Gasteiger partial charge in [0.2, 0.25) is 5.95 Å². The molecule has 2 aromatic carbocycles. The normalized spacial score (nSPS) is 10.2. The molecule has 0 bridgehead atoms. The summed E-state index contributed by atoms with van der Waals surface area (Å²) in [4.78, 5) is 4.39. The topological polar surface area (TPSA) is 90.4 Å². The predicted molar refractivity (Wildman–Crippen MR) is 104 cm³/mol. The van der Waals surface area contributed by atoms with Gasteiger partial charge in [0, 0.05) is 17.4 Å². The van der Waals surface area contributed by atoms with E-state index in [1.54, 1.807) is 45.6 Å². The van der Waals surface area contributed by atoms with Crippen molar-refractivity contribution >= 4 is 34.7 Å². The lowest BCUT2D eigenvalue weighted by Crippen LogP contribution is -2.03. The maximum atomic E-state index is 6.14. The number of rotatable bonds is 7. The summed E-state index contributed by atoms with van der Waals surface area (Å²) >= 11 is 6.14. The molecular weight excluding hydrogens is 370 g/mol.